The number of aromatic nitrogens is 1. The molecular weight excluding hydrogens is 233 g/mol. The van der Waals surface area contributed by atoms with Gasteiger partial charge < -0.3 is 4.74 Å². The minimum atomic E-state index is -0.631. The van der Waals surface area contributed by atoms with Gasteiger partial charge >= 0.3 is 5.97 Å². The molecule has 3 nitrogen and oxygen atoms in total. The van der Waals surface area contributed by atoms with Crippen LogP contribution in [0.2, 0.25) is 5.15 Å². The van der Waals surface area contributed by atoms with Crippen LogP contribution in [-0.2, 0) is 4.74 Å². The summed E-state index contributed by atoms with van der Waals surface area (Å²) >= 11 is 5.79. The number of methoxy groups -OCH3 is 1. The average Bonchev–Trinajstić information content (AvgIpc) is 2.28. The number of rotatable bonds is 1. The Labute approximate surface area is 95.8 Å². The van der Waals surface area contributed by atoms with Gasteiger partial charge in [-0.25, -0.2) is 14.2 Å². The summed E-state index contributed by atoms with van der Waals surface area (Å²) in [6.07, 6.45) is 1.48. The van der Waals surface area contributed by atoms with Gasteiger partial charge in [-0.05, 0) is 18.2 Å². The molecule has 2 aromatic rings. The van der Waals surface area contributed by atoms with Crippen molar-refractivity contribution in [2.75, 3.05) is 7.11 Å². The fourth-order valence-electron chi connectivity index (χ4n) is 1.46. The van der Waals surface area contributed by atoms with Crippen LogP contribution in [0.15, 0.2) is 24.4 Å². The van der Waals surface area contributed by atoms with E-state index in [1.807, 2.05) is 0 Å². The van der Waals surface area contributed by atoms with Crippen molar-refractivity contribution in [2.24, 2.45) is 0 Å². The maximum absolute atomic E-state index is 13.1. The van der Waals surface area contributed by atoms with E-state index in [4.69, 9.17) is 11.6 Å². The molecule has 0 unspecified atom stereocenters. The van der Waals surface area contributed by atoms with Crippen LogP contribution in [-0.4, -0.2) is 18.1 Å². The van der Waals surface area contributed by atoms with E-state index in [1.54, 1.807) is 0 Å². The molecule has 1 aromatic carbocycles. The van der Waals surface area contributed by atoms with Gasteiger partial charge in [-0.3, -0.25) is 0 Å². The standard InChI is InChI=1S/C11H7ClFNO2/c1-16-11(15)9-8-4-7(13)3-2-6(8)5-14-10(9)12/h2-5H,1H3. The lowest BCUT2D eigenvalue weighted by Crippen LogP contribution is -2.04. The Bertz CT molecular complexity index is 566. The molecule has 0 bridgehead atoms. The van der Waals surface area contributed by atoms with Crippen molar-refractivity contribution in [3.63, 3.8) is 0 Å². The molecule has 82 valence electrons. The summed E-state index contributed by atoms with van der Waals surface area (Å²) in [5.41, 5.74) is 0.0844. The highest BCUT2D eigenvalue weighted by atomic mass is 35.5. The summed E-state index contributed by atoms with van der Waals surface area (Å²) in [7, 11) is 1.23. The minimum Gasteiger partial charge on any atom is -0.465 e. The molecule has 0 aliphatic carbocycles. The number of carbonyl (C=O) groups is 1. The highest BCUT2D eigenvalue weighted by Gasteiger charge is 2.16. The zero-order chi connectivity index (χ0) is 11.7. The van der Waals surface area contributed by atoms with Crippen molar-refractivity contribution >= 4 is 28.3 Å². The zero-order valence-corrected chi connectivity index (χ0v) is 9.08. The third-order valence-electron chi connectivity index (χ3n) is 2.20. The zero-order valence-electron chi connectivity index (χ0n) is 8.33. The normalized spacial score (nSPS) is 10.4. The third-order valence-corrected chi connectivity index (χ3v) is 2.48. The van der Waals surface area contributed by atoms with Crippen LogP contribution in [0.25, 0.3) is 10.8 Å². The fourth-order valence-corrected chi connectivity index (χ4v) is 1.68. The van der Waals surface area contributed by atoms with E-state index < -0.39 is 11.8 Å². The molecule has 1 heterocycles. The van der Waals surface area contributed by atoms with Crippen molar-refractivity contribution in [3.05, 3.63) is 40.9 Å². The van der Waals surface area contributed by atoms with Crippen LogP contribution in [0.4, 0.5) is 4.39 Å². The van der Waals surface area contributed by atoms with Crippen LogP contribution >= 0.6 is 11.6 Å². The summed E-state index contributed by atoms with van der Waals surface area (Å²) in [5, 5.41) is 1.03. The van der Waals surface area contributed by atoms with E-state index in [-0.39, 0.29) is 10.7 Å². The van der Waals surface area contributed by atoms with E-state index in [0.29, 0.717) is 10.8 Å². The molecule has 0 spiro atoms. The average molecular weight is 240 g/mol. The van der Waals surface area contributed by atoms with E-state index in [1.165, 1.54) is 31.5 Å². The van der Waals surface area contributed by atoms with Gasteiger partial charge in [-0.15, -0.1) is 0 Å². The molecule has 16 heavy (non-hydrogen) atoms. The Balaban J connectivity index is 2.82. The van der Waals surface area contributed by atoms with E-state index >= 15 is 0 Å². The first-order valence-corrected chi connectivity index (χ1v) is 4.83. The van der Waals surface area contributed by atoms with Gasteiger partial charge in [0.05, 0.1) is 7.11 Å². The first-order valence-electron chi connectivity index (χ1n) is 4.45. The molecule has 0 aliphatic rings. The lowest BCUT2D eigenvalue weighted by Gasteiger charge is -2.06. The second-order valence-corrected chi connectivity index (χ2v) is 3.51. The molecule has 0 fully saturated rings. The predicted octanol–water partition coefficient (Wildman–Crippen LogP) is 2.81. The lowest BCUT2D eigenvalue weighted by molar-refractivity contribution is 0.0603. The number of fused-ring (bicyclic) bond motifs is 1. The summed E-state index contributed by atoms with van der Waals surface area (Å²) in [4.78, 5) is 15.3. The second-order valence-electron chi connectivity index (χ2n) is 3.15. The van der Waals surface area contributed by atoms with Gasteiger partial charge in [0, 0.05) is 17.0 Å². The Hall–Kier alpha value is -1.68. The highest BCUT2D eigenvalue weighted by Crippen LogP contribution is 2.25. The van der Waals surface area contributed by atoms with Crippen LogP contribution in [0, 0.1) is 5.82 Å². The fraction of sp³-hybridized carbons (Fsp3) is 0.0909. The van der Waals surface area contributed by atoms with Crippen molar-refractivity contribution in [1.82, 2.24) is 4.98 Å². The topological polar surface area (TPSA) is 39.2 Å². The number of pyridine rings is 1. The summed E-state index contributed by atoms with van der Waals surface area (Å²) in [5.74, 6) is -1.08. The Morgan fingerprint density at radius 3 is 2.94 bits per heavy atom. The number of halogens is 2. The van der Waals surface area contributed by atoms with Crippen LogP contribution in [0.1, 0.15) is 10.4 Å². The van der Waals surface area contributed by atoms with Gasteiger partial charge in [-0.1, -0.05) is 11.6 Å². The summed E-state index contributed by atoms with van der Waals surface area (Å²) in [6.45, 7) is 0. The number of esters is 1. The molecule has 0 radical (unpaired) electrons. The molecule has 0 amide bonds. The summed E-state index contributed by atoms with van der Waals surface area (Å²) in [6, 6.07) is 4.05. The number of hydrogen-bond donors (Lipinski definition) is 0. The number of nitrogens with zero attached hydrogens (tertiary/aromatic N) is 1. The van der Waals surface area contributed by atoms with Gasteiger partial charge in [0.25, 0.3) is 0 Å². The van der Waals surface area contributed by atoms with Crippen molar-refractivity contribution in [2.45, 2.75) is 0 Å². The largest absolute Gasteiger partial charge is 0.465 e. The predicted molar refractivity (Wildman–Crippen MR) is 58.1 cm³/mol. The maximum atomic E-state index is 13.1. The number of benzene rings is 1. The van der Waals surface area contributed by atoms with Gasteiger partial charge in [-0.2, -0.15) is 0 Å². The number of carbonyl (C=O) groups excluding carboxylic acids is 1. The first-order chi connectivity index (χ1) is 7.63. The lowest BCUT2D eigenvalue weighted by atomic mass is 10.1. The smallest absolute Gasteiger partial charge is 0.341 e. The maximum Gasteiger partial charge on any atom is 0.341 e. The molecule has 5 heteroatoms. The number of hydrogen-bond acceptors (Lipinski definition) is 3. The molecular formula is C11H7ClFNO2. The molecule has 0 aliphatic heterocycles. The molecule has 0 saturated carbocycles. The number of ether oxygens (including phenoxy) is 1. The van der Waals surface area contributed by atoms with Crippen LogP contribution in [0.3, 0.4) is 0 Å². The molecule has 0 saturated heterocycles. The Morgan fingerprint density at radius 1 is 1.50 bits per heavy atom. The van der Waals surface area contributed by atoms with E-state index in [0.717, 1.165) is 0 Å². The Kier molecular flexibility index (Phi) is 2.75. The monoisotopic (exact) mass is 239 g/mol. The molecule has 2 rings (SSSR count). The summed E-state index contributed by atoms with van der Waals surface area (Å²) < 4.78 is 17.7. The van der Waals surface area contributed by atoms with Crippen LogP contribution in [0.5, 0.6) is 0 Å². The SMILES string of the molecule is COC(=O)c1c(Cl)ncc2ccc(F)cc12. The van der Waals surface area contributed by atoms with Gasteiger partial charge in [0.2, 0.25) is 0 Å². The Morgan fingerprint density at radius 2 is 2.25 bits per heavy atom. The van der Waals surface area contributed by atoms with Crippen molar-refractivity contribution in [1.29, 1.82) is 0 Å². The van der Waals surface area contributed by atoms with E-state index in [9.17, 15) is 9.18 Å². The van der Waals surface area contributed by atoms with Crippen molar-refractivity contribution in [3.8, 4) is 0 Å². The second kappa shape index (κ2) is 4.06. The third kappa shape index (κ3) is 1.72. The van der Waals surface area contributed by atoms with Crippen LogP contribution < -0.4 is 0 Å². The highest BCUT2D eigenvalue weighted by molar-refractivity contribution is 6.34. The van der Waals surface area contributed by atoms with Gasteiger partial charge in [0.1, 0.15) is 16.5 Å². The minimum absolute atomic E-state index is 0.00458. The van der Waals surface area contributed by atoms with Crippen molar-refractivity contribution < 1.29 is 13.9 Å². The molecule has 1 aromatic heterocycles. The molecule has 0 N–H and O–H groups in total. The quantitative estimate of drug-likeness (QED) is 0.567. The van der Waals surface area contributed by atoms with E-state index in [2.05, 4.69) is 9.72 Å². The first kappa shape index (κ1) is 10.8. The van der Waals surface area contributed by atoms with Gasteiger partial charge in [0.15, 0.2) is 0 Å². The molecule has 0 atom stereocenters.